The number of nitrogens with zero attached hydrogens (tertiary/aromatic N) is 3. The summed E-state index contributed by atoms with van der Waals surface area (Å²) in [6, 6.07) is 10.6. The summed E-state index contributed by atoms with van der Waals surface area (Å²) in [6.45, 7) is 0.936. The first-order chi connectivity index (χ1) is 16.0. The Balaban J connectivity index is 1.85. The molecule has 1 amide bonds. The first-order valence-corrected chi connectivity index (χ1v) is 11.3. The standard InChI is InChI=1S/C22H25ClN4O5S/c1-29-9-8-27-21(14-10-17(30-2)20(32-4)18(11-14)31-3)25-26-22(27)33-13-19(28)24-16-7-5-6-15(23)12-16/h5-7,10-12H,8-9,13H2,1-4H3,(H,24,28). The van der Waals surface area contributed by atoms with Gasteiger partial charge in [-0.05, 0) is 30.3 Å². The third kappa shape index (κ3) is 6.10. The van der Waals surface area contributed by atoms with Crippen molar-refractivity contribution in [3.05, 3.63) is 41.4 Å². The zero-order valence-electron chi connectivity index (χ0n) is 18.8. The van der Waals surface area contributed by atoms with Gasteiger partial charge in [-0.25, -0.2) is 0 Å². The maximum atomic E-state index is 12.4. The molecule has 3 aromatic rings. The Kier molecular flexibility index (Phi) is 8.81. The van der Waals surface area contributed by atoms with Crippen LogP contribution in [0, 0.1) is 0 Å². The summed E-state index contributed by atoms with van der Waals surface area (Å²) in [5.41, 5.74) is 1.36. The van der Waals surface area contributed by atoms with Gasteiger partial charge in [-0.2, -0.15) is 0 Å². The molecule has 0 atom stereocenters. The number of amides is 1. The van der Waals surface area contributed by atoms with Gasteiger partial charge in [0.1, 0.15) is 0 Å². The molecule has 1 aromatic heterocycles. The molecule has 0 fully saturated rings. The summed E-state index contributed by atoms with van der Waals surface area (Å²) in [6.07, 6.45) is 0. The fourth-order valence-electron chi connectivity index (χ4n) is 3.10. The Bertz CT molecular complexity index is 1080. The van der Waals surface area contributed by atoms with Crippen molar-refractivity contribution in [3.8, 4) is 28.6 Å². The van der Waals surface area contributed by atoms with E-state index in [1.165, 1.54) is 11.8 Å². The summed E-state index contributed by atoms with van der Waals surface area (Å²) >= 11 is 7.25. The van der Waals surface area contributed by atoms with E-state index in [2.05, 4.69) is 15.5 Å². The van der Waals surface area contributed by atoms with Gasteiger partial charge in [0, 0.05) is 23.4 Å². The van der Waals surface area contributed by atoms with Crippen molar-refractivity contribution in [1.82, 2.24) is 14.8 Å². The van der Waals surface area contributed by atoms with E-state index in [1.54, 1.807) is 64.8 Å². The number of benzene rings is 2. The number of hydrogen-bond acceptors (Lipinski definition) is 8. The lowest BCUT2D eigenvalue weighted by Crippen LogP contribution is -2.15. The summed E-state index contributed by atoms with van der Waals surface area (Å²) < 4.78 is 23.5. The van der Waals surface area contributed by atoms with E-state index in [4.69, 9.17) is 30.5 Å². The molecule has 3 rings (SSSR count). The van der Waals surface area contributed by atoms with Gasteiger partial charge >= 0.3 is 0 Å². The number of rotatable bonds is 11. The average Bonchev–Trinajstić information content (AvgIpc) is 3.23. The molecule has 0 saturated heterocycles. The average molecular weight is 493 g/mol. The number of carbonyl (C=O) groups is 1. The number of methoxy groups -OCH3 is 4. The van der Waals surface area contributed by atoms with Crippen molar-refractivity contribution in [2.75, 3.05) is 46.1 Å². The number of halogens is 1. The molecule has 1 N–H and O–H groups in total. The number of nitrogens with one attached hydrogen (secondary N) is 1. The highest BCUT2D eigenvalue weighted by atomic mass is 35.5. The number of ether oxygens (including phenoxy) is 4. The van der Waals surface area contributed by atoms with E-state index >= 15 is 0 Å². The van der Waals surface area contributed by atoms with E-state index in [9.17, 15) is 4.79 Å². The summed E-state index contributed by atoms with van der Waals surface area (Å²) in [4.78, 5) is 12.4. The lowest BCUT2D eigenvalue weighted by Gasteiger charge is -2.15. The second-order valence-electron chi connectivity index (χ2n) is 6.71. The van der Waals surface area contributed by atoms with Crippen molar-refractivity contribution in [2.45, 2.75) is 11.7 Å². The molecule has 9 nitrogen and oxygen atoms in total. The first kappa shape index (κ1) is 24.7. The molecule has 0 bridgehead atoms. The topological polar surface area (TPSA) is 96.7 Å². The SMILES string of the molecule is COCCn1c(SCC(=O)Nc2cccc(Cl)c2)nnc1-c1cc(OC)c(OC)c(OC)c1. The van der Waals surface area contributed by atoms with Crippen LogP contribution in [-0.2, 0) is 16.1 Å². The summed E-state index contributed by atoms with van der Waals surface area (Å²) in [5.74, 6) is 2.04. The highest BCUT2D eigenvalue weighted by molar-refractivity contribution is 7.99. The number of aromatic nitrogens is 3. The second-order valence-corrected chi connectivity index (χ2v) is 8.09. The van der Waals surface area contributed by atoms with E-state index in [-0.39, 0.29) is 11.7 Å². The maximum absolute atomic E-state index is 12.4. The largest absolute Gasteiger partial charge is 0.493 e. The maximum Gasteiger partial charge on any atom is 0.234 e. The fraction of sp³-hybridized carbons (Fsp3) is 0.318. The highest BCUT2D eigenvalue weighted by Gasteiger charge is 2.20. The van der Waals surface area contributed by atoms with Gasteiger partial charge in [0.05, 0.1) is 40.2 Å². The summed E-state index contributed by atoms with van der Waals surface area (Å²) in [5, 5.41) is 12.6. The number of carbonyl (C=O) groups excluding carboxylic acids is 1. The molecule has 0 saturated carbocycles. The van der Waals surface area contributed by atoms with Crippen molar-refractivity contribution in [1.29, 1.82) is 0 Å². The molecule has 176 valence electrons. The van der Waals surface area contributed by atoms with E-state index in [0.29, 0.717) is 52.1 Å². The molecule has 0 aliphatic carbocycles. The molecule has 0 aliphatic heterocycles. The Morgan fingerprint density at radius 3 is 2.39 bits per heavy atom. The lowest BCUT2D eigenvalue weighted by molar-refractivity contribution is -0.113. The lowest BCUT2D eigenvalue weighted by atomic mass is 10.1. The number of anilines is 1. The van der Waals surface area contributed by atoms with Gasteiger partial charge in [-0.15, -0.1) is 10.2 Å². The van der Waals surface area contributed by atoms with Crippen LogP contribution in [0.5, 0.6) is 17.2 Å². The van der Waals surface area contributed by atoms with Crippen molar-refractivity contribution in [3.63, 3.8) is 0 Å². The van der Waals surface area contributed by atoms with Crippen LogP contribution in [0.1, 0.15) is 0 Å². The van der Waals surface area contributed by atoms with Gasteiger partial charge in [0.25, 0.3) is 0 Å². The Morgan fingerprint density at radius 1 is 1.06 bits per heavy atom. The van der Waals surface area contributed by atoms with Crippen LogP contribution in [0.2, 0.25) is 5.02 Å². The zero-order chi connectivity index (χ0) is 23.8. The van der Waals surface area contributed by atoms with Crippen molar-refractivity contribution < 1.29 is 23.7 Å². The highest BCUT2D eigenvalue weighted by Crippen LogP contribution is 2.41. The van der Waals surface area contributed by atoms with Gasteiger partial charge < -0.3 is 24.3 Å². The zero-order valence-corrected chi connectivity index (χ0v) is 20.3. The Morgan fingerprint density at radius 2 is 1.79 bits per heavy atom. The van der Waals surface area contributed by atoms with Crippen LogP contribution in [-0.4, -0.2) is 61.5 Å². The molecule has 2 aromatic carbocycles. The molecule has 0 spiro atoms. The minimum Gasteiger partial charge on any atom is -0.493 e. The minimum atomic E-state index is -0.183. The molecule has 1 heterocycles. The minimum absolute atomic E-state index is 0.146. The van der Waals surface area contributed by atoms with E-state index in [1.807, 2.05) is 4.57 Å². The van der Waals surface area contributed by atoms with E-state index in [0.717, 1.165) is 5.56 Å². The first-order valence-electron chi connectivity index (χ1n) is 9.91. The van der Waals surface area contributed by atoms with Crippen LogP contribution in [0.4, 0.5) is 5.69 Å². The molecule has 0 aliphatic rings. The van der Waals surface area contributed by atoms with Gasteiger partial charge in [-0.1, -0.05) is 29.4 Å². The normalized spacial score (nSPS) is 10.7. The van der Waals surface area contributed by atoms with Crippen LogP contribution in [0.25, 0.3) is 11.4 Å². The van der Waals surface area contributed by atoms with Crippen LogP contribution >= 0.6 is 23.4 Å². The second kappa shape index (κ2) is 11.8. The van der Waals surface area contributed by atoms with Crippen molar-refractivity contribution in [2.24, 2.45) is 0 Å². The molecular weight excluding hydrogens is 468 g/mol. The van der Waals surface area contributed by atoms with Gasteiger partial charge in [0.2, 0.25) is 11.7 Å². The predicted molar refractivity (Wildman–Crippen MR) is 128 cm³/mol. The van der Waals surface area contributed by atoms with Crippen LogP contribution in [0.3, 0.4) is 0 Å². The van der Waals surface area contributed by atoms with Crippen molar-refractivity contribution >= 4 is 35.0 Å². The van der Waals surface area contributed by atoms with E-state index < -0.39 is 0 Å². The van der Waals surface area contributed by atoms with Crippen LogP contribution in [0.15, 0.2) is 41.6 Å². The van der Waals surface area contributed by atoms with Crippen LogP contribution < -0.4 is 19.5 Å². The third-order valence-electron chi connectivity index (χ3n) is 4.60. The monoisotopic (exact) mass is 492 g/mol. The molecular formula is C22H25ClN4O5S. The molecule has 0 unspecified atom stereocenters. The fourth-order valence-corrected chi connectivity index (χ4v) is 4.05. The predicted octanol–water partition coefficient (Wildman–Crippen LogP) is 4.00. The Labute approximate surface area is 201 Å². The smallest absolute Gasteiger partial charge is 0.234 e. The molecule has 33 heavy (non-hydrogen) atoms. The Hall–Kier alpha value is -2.95. The van der Waals surface area contributed by atoms with Gasteiger partial charge in [-0.3, -0.25) is 9.36 Å². The third-order valence-corrected chi connectivity index (χ3v) is 5.80. The molecule has 11 heteroatoms. The number of hydrogen-bond donors (Lipinski definition) is 1. The molecule has 0 radical (unpaired) electrons. The number of thioether (sulfide) groups is 1. The van der Waals surface area contributed by atoms with Gasteiger partial charge in [0.15, 0.2) is 22.5 Å². The quantitative estimate of drug-likeness (QED) is 0.401. The summed E-state index contributed by atoms with van der Waals surface area (Å²) in [7, 11) is 6.27.